The molecule has 1 aliphatic rings. The minimum atomic E-state index is -0.490. The highest BCUT2D eigenvalue weighted by Gasteiger charge is 2.23. The SMILES string of the molecule is O=C(CC1CCCc2ccccc21)c1ccc(F)c(Cl)c1. The molecule has 0 saturated heterocycles. The molecule has 3 rings (SSSR count). The first-order valence-electron chi connectivity index (χ1n) is 7.21. The molecule has 0 heterocycles. The van der Waals surface area contributed by atoms with Crippen molar-refractivity contribution in [2.75, 3.05) is 0 Å². The molecule has 0 saturated carbocycles. The van der Waals surface area contributed by atoms with E-state index >= 15 is 0 Å². The van der Waals surface area contributed by atoms with E-state index in [1.807, 2.05) is 12.1 Å². The van der Waals surface area contributed by atoms with E-state index < -0.39 is 5.82 Å². The number of hydrogen-bond acceptors (Lipinski definition) is 1. The van der Waals surface area contributed by atoms with E-state index in [0.29, 0.717) is 12.0 Å². The molecule has 0 aromatic heterocycles. The third-order valence-electron chi connectivity index (χ3n) is 4.17. The summed E-state index contributed by atoms with van der Waals surface area (Å²) in [6.07, 6.45) is 3.68. The number of rotatable bonds is 3. The molecular weight excluding hydrogens is 287 g/mol. The van der Waals surface area contributed by atoms with Crippen LogP contribution < -0.4 is 0 Å². The Morgan fingerprint density at radius 1 is 1.24 bits per heavy atom. The maximum atomic E-state index is 13.2. The minimum absolute atomic E-state index is 0.00453. The second-order valence-electron chi connectivity index (χ2n) is 5.54. The van der Waals surface area contributed by atoms with Crippen molar-refractivity contribution in [3.63, 3.8) is 0 Å². The lowest BCUT2D eigenvalue weighted by Gasteiger charge is -2.25. The van der Waals surface area contributed by atoms with Gasteiger partial charge < -0.3 is 0 Å². The van der Waals surface area contributed by atoms with Crippen molar-refractivity contribution < 1.29 is 9.18 Å². The average Bonchev–Trinajstić information content (AvgIpc) is 2.50. The maximum Gasteiger partial charge on any atom is 0.163 e. The lowest BCUT2D eigenvalue weighted by atomic mass is 9.79. The molecule has 108 valence electrons. The first-order chi connectivity index (χ1) is 10.1. The summed E-state index contributed by atoms with van der Waals surface area (Å²) < 4.78 is 13.2. The molecule has 3 heteroatoms. The number of aryl methyl sites for hydroxylation is 1. The third-order valence-corrected chi connectivity index (χ3v) is 4.46. The summed E-state index contributed by atoms with van der Waals surface area (Å²) in [7, 11) is 0. The van der Waals surface area contributed by atoms with Crippen LogP contribution in [-0.2, 0) is 6.42 Å². The zero-order valence-corrected chi connectivity index (χ0v) is 12.4. The molecule has 2 aromatic rings. The van der Waals surface area contributed by atoms with E-state index in [1.54, 1.807) is 0 Å². The van der Waals surface area contributed by atoms with Gasteiger partial charge in [0.25, 0.3) is 0 Å². The molecule has 0 radical (unpaired) electrons. The first-order valence-corrected chi connectivity index (χ1v) is 7.59. The van der Waals surface area contributed by atoms with Crippen LogP contribution in [0.2, 0.25) is 5.02 Å². The van der Waals surface area contributed by atoms with E-state index in [9.17, 15) is 9.18 Å². The van der Waals surface area contributed by atoms with Crippen molar-refractivity contribution in [1.82, 2.24) is 0 Å². The van der Waals surface area contributed by atoms with Crippen molar-refractivity contribution in [3.8, 4) is 0 Å². The molecule has 0 amide bonds. The van der Waals surface area contributed by atoms with Crippen LogP contribution in [-0.4, -0.2) is 5.78 Å². The van der Waals surface area contributed by atoms with Gasteiger partial charge in [-0.1, -0.05) is 35.9 Å². The summed E-state index contributed by atoms with van der Waals surface area (Å²) in [5, 5.41) is 0.00453. The van der Waals surface area contributed by atoms with Crippen molar-refractivity contribution in [3.05, 3.63) is 70.0 Å². The highest BCUT2D eigenvalue weighted by molar-refractivity contribution is 6.31. The van der Waals surface area contributed by atoms with E-state index in [2.05, 4.69) is 12.1 Å². The number of halogens is 2. The first kappa shape index (κ1) is 14.3. The minimum Gasteiger partial charge on any atom is -0.294 e. The Bertz CT molecular complexity index is 681. The van der Waals surface area contributed by atoms with E-state index in [1.165, 1.54) is 29.3 Å². The van der Waals surface area contributed by atoms with Crippen LogP contribution >= 0.6 is 11.6 Å². The van der Waals surface area contributed by atoms with Gasteiger partial charge in [-0.05, 0) is 54.5 Å². The van der Waals surface area contributed by atoms with Gasteiger partial charge in [0, 0.05) is 12.0 Å². The summed E-state index contributed by atoms with van der Waals surface area (Å²) in [6, 6.07) is 12.5. The van der Waals surface area contributed by atoms with Gasteiger partial charge in [-0.25, -0.2) is 4.39 Å². The predicted molar refractivity (Wildman–Crippen MR) is 82.5 cm³/mol. The monoisotopic (exact) mass is 302 g/mol. The molecule has 1 unspecified atom stereocenters. The summed E-state index contributed by atoms with van der Waals surface area (Å²) in [5.41, 5.74) is 3.12. The molecule has 0 aliphatic heterocycles. The lowest BCUT2D eigenvalue weighted by molar-refractivity contribution is 0.0971. The molecule has 0 fully saturated rings. The lowest BCUT2D eigenvalue weighted by Crippen LogP contribution is -2.14. The number of Topliss-reactive ketones (excluding diaryl/α,β-unsaturated/α-hetero) is 1. The Morgan fingerprint density at radius 2 is 2.05 bits per heavy atom. The van der Waals surface area contributed by atoms with E-state index in [-0.39, 0.29) is 16.7 Å². The summed E-state index contributed by atoms with van der Waals surface area (Å²) >= 11 is 5.75. The Kier molecular flexibility index (Phi) is 4.07. The molecule has 1 aliphatic carbocycles. The van der Waals surface area contributed by atoms with Crippen molar-refractivity contribution in [1.29, 1.82) is 0 Å². The fourth-order valence-electron chi connectivity index (χ4n) is 3.08. The number of carbonyl (C=O) groups is 1. The Balaban J connectivity index is 1.81. The van der Waals surface area contributed by atoms with Crippen LogP contribution in [0, 0.1) is 5.82 Å². The molecule has 1 atom stereocenters. The van der Waals surface area contributed by atoms with Gasteiger partial charge in [0.2, 0.25) is 0 Å². The van der Waals surface area contributed by atoms with Crippen molar-refractivity contribution in [2.24, 2.45) is 0 Å². The van der Waals surface area contributed by atoms with Crippen molar-refractivity contribution in [2.45, 2.75) is 31.6 Å². The highest BCUT2D eigenvalue weighted by atomic mass is 35.5. The predicted octanol–water partition coefficient (Wildman–Crippen LogP) is 5.17. The zero-order valence-electron chi connectivity index (χ0n) is 11.6. The van der Waals surface area contributed by atoms with Crippen LogP contribution in [0.25, 0.3) is 0 Å². The summed E-state index contributed by atoms with van der Waals surface area (Å²) in [6.45, 7) is 0. The number of hydrogen-bond donors (Lipinski definition) is 0. The van der Waals surface area contributed by atoms with E-state index in [0.717, 1.165) is 19.3 Å². The average molecular weight is 303 g/mol. The Hall–Kier alpha value is -1.67. The number of ketones is 1. The van der Waals surface area contributed by atoms with Gasteiger partial charge in [-0.15, -0.1) is 0 Å². The fraction of sp³-hybridized carbons (Fsp3) is 0.278. The third kappa shape index (κ3) is 3.01. The van der Waals surface area contributed by atoms with E-state index in [4.69, 9.17) is 11.6 Å². The van der Waals surface area contributed by atoms with Crippen LogP contribution in [0.3, 0.4) is 0 Å². The van der Waals surface area contributed by atoms with Crippen molar-refractivity contribution >= 4 is 17.4 Å². The maximum absolute atomic E-state index is 13.2. The molecule has 0 N–H and O–H groups in total. The molecule has 0 bridgehead atoms. The topological polar surface area (TPSA) is 17.1 Å². The summed E-state index contributed by atoms with van der Waals surface area (Å²) in [5.74, 6) is -0.207. The molecule has 1 nitrogen and oxygen atoms in total. The molecule has 21 heavy (non-hydrogen) atoms. The summed E-state index contributed by atoms with van der Waals surface area (Å²) in [4.78, 5) is 12.4. The Morgan fingerprint density at radius 3 is 2.86 bits per heavy atom. The Labute approximate surface area is 128 Å². The van der Waals surface area contributed by atoms with Gasteiger partial charge in [0.05, 0.1) is 5.02 Å². The second kappa shape index (κ2) is 5.98. The smallest absolute Gasteiger partial charge is 0.163 e. The standard InChI is InChI=1S/C18H16ClFO/c19-16-10-14(8-9-17(16)20)18(21)11-13-6-3-5-12-4-1-2-7-15(12)13/h1-2,4,7-10,13H,3,5-6,11H2. The molecule has 0 spiro atoms. The van der Waals surface area contributed by atoms with Crippen LogP contribution in [0.4, 0.5) is 4.39 Å². The van der Waals surface area contributed by atoms with Gasteiger partial charge in [0.15, 0.2) is 5.78 Å². The fourth-order valence-corrected chi connectivity index (χ4v) is 3.26. The van der Waals surface area contributed by atoms with Gasteiger partial charge in [0.1, 0.15) is 5.82 Å². The number of fused-ring (bicyclic) bond motifs is 1. The second-order valence-corrected chi connectivity index (χ2v) is 5.95. The number of benzene rings is 2. The largest absolute Gasteiger partial charge is 0.294 e. The van der Waals surface area contributed by atoms with Gasteiger partial charge in [-0.2, -0.15) is 0 Å². The van der Waals surface area contributed by atoms with Gasteiger partial charge in [-0.3, -0.25) is 4.79 Å². The molecule has 2 aromatic carbocycles. The van der Waals surface area contributed by atoms with Crippen LogP contribution in [0.1, 0.15) is 46.7 Å². The van der Waals surface area contributed by atoms with Crippen LogP contribution in [0.5, 0.6) is 0 Å². The van der Waals surface area contributed by atoms with Gasteiger partial charge >= 0.3 is 0 Å². The quantitative estimate of drug-likeness (QED) is 0.715. The number of carbonyl (C=O) groups excluding carboxylic acids is 1. The van der Waals surface area contributed by atoms with Crippen LogP contribution in [0.15, 0.2) is 42.5 Å². The zero-order chi connectivity index (χ0) is 14.8. The normalized spacial score (nSPS) is 17.3. The molecular formula is C18H16ClFO. The highest BCUT2D eigenvalue weighted by Crippen LogP contribution is 2.34.